The number of carbonyl (C=O) groups is 3. The van der Waals surface area contributed by atoms with Crippen molar-refractivity contribution >= 4 is 17.7 Å². The zero-order valence-electron chi connectivity index (χ0n) is 12.4. The number of nitrogens with one attached hydrogen (secondary N) is 2. The summed E-state index contributed by atoms with van der Waals surface area (Å²) in [6.07, 6.45) is 5.00. The average molecular weight is 304 g/mol. The lowest BCUT2D eigenvalue weighted by atomic mass is 10.1. The van der Waals surface area contributed by atoms with Gasteiger partial charge in [0.2, 0.25) is 17.7 Å². The molecule has 2 aliphatic heterocycles. The number of piperazine rings is 1. The first-order valence-corrected chi connectivity index (χ1v) is 7.61. The summed E-state index contributed by atoms with van der Waals surface area (Å²) in [5.74, 6) is 0.00289. The Bertz CT molecular complexity index is 561. The smallest absolute Gasteiger partial charge is 0.245 e. The van der Waals surface area contributed by atoms with Crippen LogP contribution in [0.5, 0.6) is 0 Å². The van der Waals surface area contributed by atoms with Gasteiger partial charge in [0.25, 0.3) is 0 Å². The largest absolute Gasteiger partial charge is 0.367 e. The van der Waals surface area contributed by atoms with Gasteiger partial charge in [0.05, 0.1) is 6.42 Å². The van der Waals surface area contributed by atoms with Crippen molar-refractivity contribution in [1.29, 1.82) is 0 Å². The van der Waals surface area contributed by atoms with Crippen molar-refractivity contribution < 1.29 is 14.4 Å². The van der Waals surface area contributed by atoms with Gasteiger partial charge in [-0.3, -0.25) is 14.4 Å². The van der Waals surface area contributed by atoms with E-state index in [0.29, 0.717) is 45.4 Å². The average Bonchev–Trinajstić information content (AvgIpc) is 3.18. The summed E-state index contributed by atoms with van der Waals surface area (Å²) < 4.78 is 0. The van der Waals surface area contributed by atoms with Crippen LogP contribution in [-0.2, 0) is 20.8 Å². The molecule has 0 bridgehead atoms. The lowest BCUT2D eigenvalue weighted by molar-refractivity contribution is -0.140. The third-order valence-corrected chi connectivity index (χ3v) is 4.26. The van der Waals surface area contributed by atoms with Crippen molar-refractivity contribution in [3.8, 4) is 0 Å². The molecule has 2 N–H and O–H groups in total. The summed E-state index contributed by atoms with van der Waals surface area (Å²) in [7, 11) is 0. The lowest BCUT2D eigenvalue weighted by Crippen LogP contribution is -2.54. The number of hydrogen-bond donors (Lipinski definition) is 2. The minimum atomic E-state index is -0.380. The molecule has 1 aromatic rings. The minimum Gasteiger partial charge on any atom is -0.367 e. The molecular weight excluding hydrogens is 284 g/mol. The van der Waals surface area contributed by atoms with Crippen LogP contribution >= 0.6 is 0 Å². The van der Waals surface area contributed by atoms with Gasteiger partial charge in [-0.1, -0.05) is 0 Å². The van der Waals surface area contributed by atoms with Gasteiger partial charge in [-0.15, -0.1) is 0 Å². The van der Waals surface area contributed by atoms with Crippen LogP contribution in [0, 0.1) is 0 Å². The molecule has 1 unspecified atom stereocenters. The fraction of sp³-hybridized carbons (Fsp3) is 0.533. The molecule has 1 atom stereocenters. The maximum absolute atomic E-state index is 12.3. The fourth-order valence-corrected chi connectivity index (χ4v) is 2.95. The summed E-state index contributed by atoms with van der Waals surface area (Å²) in [5.41, 5.74) is 0.970. The van der Waals surface area contributed by atoms with Gasteiger partial charge in [0, 0.05) is 45.0 Å². The van der Waals surface area contributed by atoms with E-state index < -0.39 is 0 Å². The van der Waals surface area contributed by atoms with Crippen molar-refractivity contribution in [3.63, 3.8) is 0 Å². The molecule has 2 aliphatic rings. The molecule has 7 nitrogen and oxygen atoms in total. The maximum Gasteiger partial charge on any atom is 0.245 e. The minimum absolute atomic E-state index is 0.0245. The molecule has 118 valence electrons. The number of aromatic nitrogens is 1. The van der Waals surface area contributed by atoms with Crippen LogP contribution in [0.3, 0.4) is 0 Å². The zero-order chi connectivity index (χ0) is 15.5. The highest BCUT2D eigenvalue weighted by Gasteiger charge is 2.32. The van der Waals surface area contributed by atoms with E-state index in [-0.39, 0.29) is 23.8 Å². The standard InChI is InChI=1S/C15H20N4O3/c20-13-2-1-12(17-13)15(22)19-7-5-18(6-8-19)14(21)9-11-3-4-16-10-11/h3-4,10,12,16H,1-2,5-9H2,(H,17,20). The second-order valence-electron chi connectivity index (χ2n) is 5.76. The Morgan fingerprint density at radius 2 is 1.91 bits per heavy atom. The van der Waals surface area contributed by atoms with E-state index in [9.17, 15) is 14.4 Å². The third-order valence-electron chi connectivity index (χ3n) is 4.26. The molecule has 1 aromatic heterocycles. The number of aromatic amines is 1. The first-order chi connectivity index (χ1) is 10.6. The molecular formula is C15H20N4O3. The van der Waals surface area contributed by atoms with Crippen molar-refractivity contribution in [3.05, 3.63) is 24.0 Å². The normalized spacial score (nSPS) is 21.8. The topological polar surface area (TPSA) is 85.5 Å². The Hall–Kier alpha value is -2.31. The van der Waals surface area contributed by atoms with Gasteiger partial charge in [0.1, 0.15) is 6.04 Å². The number of carbonyl (C=O) groups excluding carboxylic acids is 3. The van der Waals surface area contributed by atoms with Crippen molar-refractivity contribution in [2.45, 2.75) is 25.3 Å². The number of rotatable bonds is 3. The Morgan fingerprint density at radius 3 is 2.50 bits per heavy atom. The van der Waals surface area contributed by atoms with Crippen LogP contribution in [0.2, 0.25) is 0 Å². The zero-order valence-corrected chi connectivity index (χ0v) is 12.4. The Balaban J connectivity index is 1.48. The molecule has 0 saturated carbocycles. The maximum atomic E-state index is 12.3. The molecule has 0 aromatic carbocycles. The lowest BCUT2D eigenvalue weighted by Gasteiger charge is -2.36. The van der Waals surface area contributed by atoms with Crippen LogP contribution in [0.15, 0.2) is 18.5 Å². The molecule has 0 radical (unpaired) electrons. The second kappa shape index (κ2) is 6.21. The third kappa shape index (κ3) is 3.13. The highest BCUT2D eigenvalue weighted by atomic mass is 16.2. The van der Waals surface area contributed by atoms with Gasteiger partial charge in [-0.05, 0) is 18.1 Å². The SMILES string of the molecule is O=C1CCC(C(=O)N2CCN(C(=O)Cc3cc[nH]c3)CC2)N1. The molecule has 2 fully saturated rings. The van der Waals surface area contributed by atoms with Gasteiger partial charge in [0.15, 0.2) is 0 Å². The summed E-state index contributed by atoms with van der Waals surface area (Å²) in [4.78, 5) is 42.2. The van der Waals surface area contributed by atoms with Crippen molar-refractivity contribution in [2.75, 3.05) is 26.2 Å². The molecule has 3 heterocycles. The number of amides is 3. The van der Waals surface area contributed by atoms with Crippen molar-refractivity contribution in [2.24, 2.45) is 0 Å². The van der Waals surface area contributed by atoms with E-state index >= 15 is 0 Å². The molecule has 0 spiro atoms. The molecule has 22 heavy (non-hydrogen) atoms. The van der Waals surface area contributed by atoms with E-state index in [1.807, 2.05) is 12.3 Å². The van der Waals surface area contributed by atoms with E-state index in [0.717, 1.165) is 5.56 Å². The highest BCUT2D eigenvalue weighted by Crippen LogP contribution is 2.12. The monoisotopic (exact) mass is 304 g/mol. The van der Waals surface area contributed by atoms with Crippen LogP contribution < -0.4 is 5.32 Å². The fourth-order valence-electron chi connectivity index (χ4n) is 2.95. The van der Waals surface area contributed by atoms with E-state index in [2.05, 4.69) is 10.3 Å². The molecule has 3 rings (SSSR count). The van der Waals surface area contributed by atoms with Crippen LogP contribution in [0.1, 0.15) is 18.4 Å². The van der Waals surface area contributed by atoms with Crippen LogP contribution in [0.4, 0.5) is 0 Å². The van der Waals surface area contributed by atoms with Crippen LogP contribution in [0.25, 0.3) is 0 Å². The molecule has 2 saturated heterocycles. The second-order valence-corrected chi connectivity index (χ2v) is 5.76. The van der Waals surface area contributed by atoms with Crippen molar-refractivity contribution in [1.82, 2.24) is 20.1 Å². The van der Waals surface area contributed by atoms with Gasteiger partial charge >= 0.3 is 0 Å². The Labute approximate surface area is 128 Å². The van der Waals surface area contributed by atoms with Gasteiger partial charge in [-0.25, -0.2) is 0 Å². The van der Waals surface area contributed by atoms with E-state index in [1.54, 1.807) is 16.0 Å². The number of hydrogen-bond acceptors (Lipinski definition) is 3. The Kier molecular flexibility index (Phi) is 4.13. The number of nitrogens with zero attached hydrogens (tertiary/aromatic N) is 2. The first kappa shape index (κ1) is 14.6. The van der Waals surface area contributed by atoms with Gasteiger partial charge in [-0.2, -0.15) is 0 Å². The highest BCUT2D eigenvalue weighted by molar-refractivity contribution is 5.91. The summed E-state index contributed by atoms with van der Waals surface area (Å²) in [6, 6.07) is 1.51. The predicted octanol–water partition coefficient (Wildman–Crippen LogP) is -0.493. The van der Waals surface area contributed by atoms with E-state index in [1.165, 1.54) is 0 Å². The quantitative estimate of drug-likeness (QED) is 0.790. The van der Waals surface area contributed by atoms with E-state index in [4.69, 9.17) is 0 Å². The molecule has 0 aliphatic carbocycles. The van der Waals surface area contributed by atoms with Gasteiger partial charge < -0.3 is 20.1 Å². The number of H-pyrrole nitrogens is 1. The summed E-state index contributed by atoms with van der Waals surface area (Å²) in [6.45, 7) is 2.17. The predicted molar refractivity (Wildman–Crippen MR) is 78.8 cm³/mol. The Morgan fingerprint density at radius 1 is 1.18 bits per heavy atom. The summed E-state index contributed by atoms with van der Waals surface area (Å²) in [5, 5.41) is 2.70. The molecule has 3 amide bonds. The van der Waals surface area contributed by atoms with Crippen LogP contribution in [-0.4, -0.2) is 64.7 Å². The molecule has 7 heteroatoms. The summed E-state index contributed by atoms with van der Waals surface area (Å²) >= 11 is 0. The first-order valence-electron chi connectivity index (χ1n) is 7.61.